The Morgan fingerprint density at radius 2 is 0.917 bits per heavy atom. The molecular weight excluding hydrogens is 300 g/mol. The van der Waals surface area contributed by atoms with Crippen molar-refractivity contribution in [1.82, 2.24) is 0 Å². The lowest BCUT2D eigenvalue weighted by Crippen LogP contribution is -2.46. The Balaban J connectivity index is 1.60. The van der Waals surface area contributed by atoms with Gasteiger partial charge in [0.05, 0.1) is 11.4 Å². The third-order valence-electron chi connectivity index (χ3n) is 4.14. The van der Waals surface area contributed by atoms with Crippen LogP contribution in [-0.4, -0.2) is 40.3 Å². The summed E-state index contributed by atoms with van der Waals surface area (Å²) < 4.78 is 0. The molecule has 0 unspecified atom stereocenters. The molecule has 0 N–H and O–H groups in total. The van der Waals surface area contributed by atoms with Gasteiger partial charge in [-0.1, -0.05) is 0 Å². The van der Waals surface area contributed by atoms with E-state index in [1.165, 1.54) is 11.4 Å². The summed E-state index contributed by atoms with van der Waals surface area (Å²) in [6.07, 6.45) is 0. The lowest BCUT2D eigenvalue weighted by molar-refractivity contribution is 0.653. The van der Waals surface area contributed by atoms with Crippen LogP contribution in [0.3, 0.4) is 0 Å². The highest BCUT2D eigenvalue weighted by atomic mass is 15.3. The molecule has 0 saturated carbocycles. The number of nitrogens with zero attached hydrogens (tertiary/aromatic N) is 6. The fraction of sp³-hybridized carbons (Fsp3) is 0.333. The number of anilines is 2. The van der Waals surface area contributed by atoms with Crippen LogP contribution in [0.1, 0.15) is 0 Å². The normalized spacial score (nSPS) is 15.6. The molecule has 0 radical (unpaired) electrons. The predicted octanol–water partition coefficient (Wildman–Crippen LogP) is 4.44. The summed E-state index contributed by atoms with van der Waals surface area (Å²) in [6, 6.07) is 16.5. The second-order valence-electron chi connectivity index (χ2n) is 5.61. The van der Waals surface area contributed by atoms with Crippen LogP contribution in [0.5, 0.6) is 0 Å². The first-order valence-corrected chi connectivity index (χ1v) is 8.10. The van der Waals surface area contributed by atoms with E-state index in [0.717, 1.165) is 37.6 Å². The van der Waals surface area contributed by atoms with Crippen molar-refractivity contribution in [2.45, 2.75) is 0 Å². The van der Waals surface area contributed by atoms with Gasteiger partial charge in [-0.15, -0.1) is 0 Å². The maximum absolute atomic E-state index is 4.05. The number of hydrogen-bond acceptors (Lipinski definition) is 6. The molecule has 1 aliphatic heterocycles. The van der Waals surface area contributed by atoms with Gasteiger partial charge in [-0.3, -0.25) is 0 Å². The Kier molecular flexibility index (Phi) is 5.15. The molecule has 0 spiro atoms. The monoisotopic (exact) mass is 322 g/mol. The minimum Gasteiger partial charge on any atom is -0.368 e. The predicted molar refractivity (Wildman–Crippen MR) is 98.2 cm³/mol. The van der Waals surface area contributed by atoms with Gasteiger partial charge in [0, 0.05) is 51.6 Å². The highest BCUT2D eigenvalue weighted by Crippen LogP contribution is 2.24. The average molecular weight is 322 g/mol. The second kappa shape index (κ2) is 7.68. The molecule has 24 heavy (non-hydrogen) atoms. The number of benzene rings is 2. The number of hydrogen-bond donors (Lipinski definition) is 0. The molecule has 1 heterocycles. The largest absolute Gasteiger partial charge is 0.368 e. The Morgan fingerprint density at radius 3 is 1.21 bits per heavy atom. The van der Waals surface area contributed by atoms with Crippen molar-refractivity contribution in [3.63, 3.8) is 0 Å². The third kappa shape index (κ3) is 3.76. The van der Waals surface area contributed by atoms with Crippen LogP contribution in [-0.2, 0) is 0 Å². The standard InChI is InChI=1S/C18H22N6/c1-19-21-15-3-7-17(8-4-15)23-11-13-24(14-12-23)18-9-5-16(6-10-18)22-20-2/h3-10H,11-14H2,1-2H3. The van der Waals surface area contributed by atoms with Gasteiger partial charge in [0.25, 0.3) is 0 Å². The summed E-state index contributed by atoms with van der Waals surface area (Å²) in [6.45, 7) is 4.02. The topological polar surface area (TPSA) is 55.9 Å². The zero-order valence-electron chi connectivity index (χ0n) is 14.1. The van der Waals surface area contributed by atoms with E-state index in [1.54, 1.807) is 14.1 Å². The van der Waals surface area contributed by atoms with Crippen molar-refractivity contribution in [3.8, 4) is 0 Å². The average Bonchev–Trinajstić information content (AvgIpc) is 2.64. The summed E-state index contributed by atoms with van der Waals surface area (Å²) in [7, 11) is 3.37. The lowest BCUT2D eigenvalue weighted by atomic mass is 10.2. The summed E-state index contributed by atoms with van der Waals surface area (Å²) in [5.41, 5.74) is 4.26. The summed E-state index contributed by atoms with van der Waals surface area (Å²) in [5.74, 6) is 0. The van der Waals surface area contributed by atoms with Crippen LogP contribution in [0.4, 0.5) is 22.7 Å². The first kappa shape index (κ1) is 16.1. The molecule has 1 fully saturated rings. The highest BCUT2D eigenvalue weighted by molar-refractivity contribution is 5.56. The quantitative estimate of drug-likeness (QED) is 0.781. The van der Waals surface area contributed by atoms with E-state index in [-0.39, 0.29) is 0 Å². The smallest absolute Gasteiger partial charge is 0.0853 e. The fourth-order valence-electron chi connectivity index (χ4n) is 2.91. The van der Waals surface area contributed by atoms with Crippen molar-refractivity contribution in [2.75, 3.05) is 50.1 Å². The zero-order chi connectivity index (χ0) is 16.8. The molecule has 6 heteroatoms. The van der Waals surface area contributed by atoms with E-state index in [0.29, 0.717) is 0 Å². The van der Waals surface area contributed by atoms with Crippen LogP contribution in [0.2, 0.25) is 0 Å². The summed E-state index contributed by atoms with van der Waals surface area (Å²) >= 11 is 0. The van der Waals surface area contributed by atoms with Crippen LogP contribution in [0.15, 0.2) is 69.0 Å². The first-order chi connectivity index (χ1) is 11.8. The van der Waals surface area contributed by atoms with E-state index in [1.807, 2.05) is 24.3 Å². The summed E-state index contributed by atoms with van der Waals surface area (Å²) in [5, 5.41) is 15.7. The van der Waals surface area contributed by atoms with Gasteiger partial charge in [0.2, 0.25) is 0 Å². The molecule has 2 aromatic carbocycles. The lowest BCUT2D eigenvalue weighted by Gasteiger charge is -2.37. The molecule has 1 aliphatic rings. The Hall–Kier alpha value is -2.76. The van der Waals surface area contributed by atoms with Gasteiger partial charge >= 0.3 is 0 Å². The van der Waals surface area contributed by atoms with E-state index in [4.69, 9.17) is 0 Å². The minimum absolute atomic E-state index is 0.893. The number of rotatable bonds is 4. The molecule has 0 aromatic heterocycles. The van der Waals surface area contributed by atoms with Gasteiger partial charge in [0.1, 0.15) is 0 Å². The van der Waals surface area contributed by atoms with Gasteiger partial charge in [-0.2, -0.15) is 20.5 Å². The molecule has 0 aliphatic carbocycles. The fourth-order valence-corrected chi connectivity index (χ4v) is 2.91. The van der Waals surface area contributed by atoms with Crippen LogP contribution in [0.25, 0.3) is 0 Å². The van der Waals surface area contributed by atoms with Crippen molar-refractivity contribution in [1.29, 1.82) is 0 Å². The molecule has 1 saturated heterocycles. The van der Waals surface area contributed by atoms with E-state index in [2.05, 4.69) is 54.5 Å². The summed E-state index contributed by atoms with van der Waals surface area (Å²) in [4.78, 5) is 4.81. The van der Waals surface area contributed by atoms with Gasteiger partial charge in [0.15, 0.2) is 0 Å². The van der Waals surface area contributed by atoms with Crippen LogP contribution >= 0.6 is 0 Å². The second-order valence-corrected chi connectivity index (χ2v) is 5.61. The number of piperazine rings is 1. The van der Waals surface area contributed by atoms with Crippen molar-refractivity contribution >= 4 is 22.7 Å². The maximum Gasteiger partial charge on any atom is 0.0853 e. The Morgan fingerprint density at radius 1 is 0.583 bits per heavy atom. The van der Waals surface area contributed by atoms with Crippen molar-refractivity contribution < 1.29 is 0 Å². The zero-order valence-corrected chi connectivity index (χ0v) is 14.1. The maximum atomic E-state index is 4.05. The molecule has 0 atom stereocenters. The van der Waals surface area contributed by atoms with E-state index in [9.17, 15) is 0 Å². The molecule has 0 bridgehead atoms. The first-order valence-electron chi connectivity index (χ1n) is 8.10. The third-order valence-corrected chi connectivity index (χ3v) is 4.14. The van der Waals surface area contributed by atoms with Crippen LogP contribution < -0.4 is 9.80 Å². The van der Waals surface area contributed by atoms with Crippen molar-refractivity contribution in [2.24, 2.45) is 20.5 Å². The molecule has 3 rings (SSSR count). The molecule has 0 amide bonds. The molecule has 124 valence electrons. The van der Waals surface area contributed by atoms with E-state index >= 15 is 0 Å². The molecule has 6 nitrogen and oxygen atoms in total. The minimum atomic E-state index is 0.893. The molecular formula is C18H22N6. The van der Waals surface area contributed by atoms with E-state index < -0.39 is 0 Å². The van der Waals surface area contributed by atoms with Gasteiger partial charge < -0.3 is 9.80 Å². The van der Waals surface area contributed by atoms with Gasteiger partial charge in [-0.05, 0) is 48.5 Å². The number of azo groups is 2. The van der Waals surface area contributed by atoms with Crippen LogP contribution in [0, 0.1) is 0 Å². The molecule has 2 aromatic rings. The highest BCUT2D eigenvalue weighted by Gasteiger charge is 2.17. The Bertz CT molecular complexity index is 634. The Labute approximate surface area is 142 Å². The van der Waals surface area contributed by atoms with Gasteiger partial charge in [-0.25, -0.2) is 0 Å². The van der Waals surface area contributed by atoms with Crippen molar-refractivity contribution in [3.05, 3.63) is 48.5 Å². The SMILES string of the molecule is CN=Nc1ccc(N2CCN(c3ccc(N=NC)cc3)CC2)cc1.